The summed E-state index contributed by atoms with van der Waals surface area (Å²) in [4.78, 5) is 4.19. The number of benzene rings is 2. The largest absolute Gasteiger partial charge is 0.497 e. The van der Waals surface area contributed by atoms with E-state index in [-0.39, 0.29) is 11.7 Å². The van der Waals surface area contributed by atoms with Gasteiger partial charge in [-0.2, -0.15) is 4.98 Å². The topological polar surface area (TPSA) is 73.3 Å². The lowest BCUT2D eigenvalue weighted by Gasteiger charge is -2.05. The van der Waals surface area contributed by atoms with Crippen molar-refractivity contribution in [2.45, 2.75) is 0 Å². The molecule has 102 valence electrons. The van der Waals surface area contributed by atoms with E-state index in [1.54, 1.807) is 18.2 Å². The van der Waals surface area contributed by atoms with Crippen LogP contribution < -0.4 is 15.8 Å². The Hall–Kier alpha value is -2.76. The molecule has 6 heteroatoms. The first kappa shape index (κ1) is 12.3. The standard InChI is InChI=1S/C14H12FN3O2/c1-19-8-5-6-9(15)11(7-8)17-14-18-13-10(16)3-2-4-12(13)20-14/h2-7H,16H2,1H3,(H,17,18). The number of methoxy groups -OCH3 is 1. The van der Waals surface area contributed by atoms with Crippen LogP contribution in [0.2, 0.25) is 0 Å². The van der Waals surface area contributed by atoms with Crippen molar-refractivity contribution in [3.05, 3.63) is 42.2 Å². The molecule has 1 heterocycles. The molecule has 0 aliphatic heterocycles. The fourth-order valence-corrected chi connectivity index (χ4v) is 1.87. The van der Waals surface area contributed by atoms with Gasteiger partial charge in [-0.1, -0.05) is 6.07 Å². The van der Waals surface area contributed by atoms with Crippen LogP contribution in [0.1, 0.15) is 0 Å². The summed E-state index contributed by atoms with van der Waals surface area (Å²) in [6.07, 6.45) is 0. The van der Waals surface area contributed by atoms with Gasteiger partial charge in [0.05, 0.1) is 18.5 Å². The fraction of sp³-hybridized carbons (Fsp3) is 0.0714. The van der Waals surface area contributed by atoms with Gasteiger partial charge in [0.15, 0.2) is 5.58 Å². The van der Waals surface area contributed by atoms with E-state index in [4.69, 9.17) is 14.9 Å². The molecule has 0 saturated carbocycles. The van der Waals surface area contributed by atoms with Gasteiger partial charge in [-0.15, -0.1) is 0 Å². The van der Waals surface area contributed by atoms with Crippen LogP contribution in [0.5, 0.6) is 5.75 Å². The molecule has 0 radical (unpaired) electrons. The maximum atomic E-state index is 13.7. The Morgan fingerprint density at radius 1 is 1.30 bits per heavy atom. The summed E-state index contributed by atoms with van der Waals surface area (Å²) in [5.74, 6) is 0.102. The van der Waals surface area contributed by atoms with Crippen LogP contribution in [0, 0.1) is 5.82 Å². The predicted molar refractivity (Wildman–Crippen MR) is 74.7 cm³/mol. The first-order chi connectivity index (χ1) is 9.67. The number of oxazole rings is 1. The van der Waals surface area contributed by atoms with Crippen LogP contribution in [0.3, 0.4) is 0 Å². The number of aromatic nitrogens is 1. The zero-order chi connectivity index (χ0) is 14.1. The van der Waals surface area contributed by atoms with Gasteiger partial charge in [0.25, 0.3) is 6.01 Å². The predicted octanol–water partition coefficient (Wildman–Crippen LogP) is 3.30. The number of nitrogens with zero attached hydrogens (tertiary/aromatic N) is 1. The highest BCUT2D eigenvalue weighted by Crippen LogP contribution is 2.28. The van der Waals surface area contributed by atoms with Crippen molar-refractivity contribution in [1.82, 2.24) is 4.98 Å². The minimum Gasteiger partial charge on any atom is -0.497 e. The Balaban J connectivity index is 1.99. The second-order valence-electron chi connectivity index (χ2n) is 4.18. The molecule has 3 aromatic rings. The molecule has 0 atom stereocenters. The molecule has 0 saturated heterocycles. The second kappa shape index (κ2) is 4.73. The number of anilines is 3. The van der Waals surface area contributed by atoms with Crippen molar-refractivity contribution >= 4 is 28.5 Å². The molecule has 5 nitrogen and oxygen atoms in total. The van der Waals surface area contributed by atoms with Gasteiger partial charge in [0.2, 0.25) is 0 Å². The van der Waals surface area contributed by atoms with E-state index < -0.39 is 5.82 Å². The fourth-order valence-electron chi connectivity index (χ4n) is 1.87. The van der Waals surface area contributed by atoms with E-state index in [0.717, 1.165) is 0 Å². The number of para-hydroxylation sites is 1. The molecule has 20 heavy (non-hydrogen) atoms. The highest BCUT2D eigenvalue weighted by molar-refractivity contribution is 5.86. The van der Waals surface area contributed by atoms with Crippen LogP contribution in [0.4, 0.5) is 21.8 Å². The molecule has 0 aliphatic carbocycles. The molecule has 0 bridgehead atoms. The summed E-state index contributed by atoms with van der Waals surface area (Å²) >= 11 is 0. The molecule has 0 spiro atoms. The van der Waals surface area contributed by atoms with E-state index in [9.17, 15) is 4.39 Å². The van der Waals surface area contributed by atoms with Crippen molar-refractivity contribution in [3.63, 3.8) is 0 Å². The number of nitrogens with two attached hydrogens (primary N) is 1. The van der Waals surface area contributed by atoms with Crippen LogP contribution in [-0.4, -0.2) is 12.1 Å². The van der Waals surface area contributed by atoms with Gasteiger partial charge in [0.1, 0.15) is 17.1 Å². The summed E-state index contributed by atoms with van der Waals surface area (Å²) in [5, 5.41) is 2.78. The number of hydrogen-bond acceptors (Lipinski definition) is 5. The lowest BCUT2D eigenvalue weighted by atomic mass is 10.3. The average Bonchev–Trinajstić information content (AvgIpc) is 2.85. The number of nitrogen functional groups attached to an aromatic ring is 1. The van der Waals surface area contributed by atoms with Crippen molar-refractivity contribution in [2.24, 2.45) is 0 Å². The Morgan fingerprint density at radius 2 is 2.15 bits per heavy atom. The molecule has 0 unspecified atom stereocenters. The van der Waals surface area contributed by atoms with Crippen molar-refractivity contribution in [1.29, 1.82) is 0 Å². The van der Waals surface area contributed by atoms with E-state index >= 15 is 0 Å². The first-order valence-corrected chi connectivity index (χ1v) is 5.93. The Bertz CT molecular complexity index is 770. The third kappa shape index (κ3) is 2.11. The quantitative estimate of drug-likeness (QED) is 0.716. The van der Waals surface area contributed by atoms with Gasteiger partial charge in [0, 0.05) is 6.07 Å². The van der Waals surface area contributed by atoms with Crippen LogP contribution in [0.25, 0.3) is 11.1 Å². The van der Waals surface area contributed by atoms with Gasteiger partial charge < -0.3 is 20.2 Å². The summed E-state index contributed by atoms with van der Waals surface area (Å²) in [6.45, 7) is 0. The van der Waals surface area contributed by atoms with Gasteiger partial charge in [-0.25, -0.2) is 4.39 Å². The monoisotopic (exact) mass is 273 g/mol. The molecule has 0 aliphatic rings. The third-order valence-electron chi connectivity index (χ3n) is 2.87. The van der Waals surface area contributed by atoms with Crippen LogP contribution >= 0.6 is 0 Å². The van der Waals surface area contributed by atoms with Gasteiger partial charge in [-0.3, -0.25) is 0 Å². The Morgan fingerprint density at radius 3 is 2.90 bits per heavy atom. The lowest BCUT2D eigenvalue weighted by molar-refractivity contribution is 0.414. The molecular formula is C14H12FN3O2. The molecule has 0 amide bonds. The zero-order valence-corrected chi connectivity index (χ0v) is 10.7. The van der Waals surface area contributed by atoms with E-state index in [1.807, 2.05) is 0 Å². The highest BCUT2D eigenvalue weighted by atomic mass is 19.1. The third-order valence-corrected chi connectivity index (χ3v) is 2.87. The molecule has 3 rings (SSSR count). The van der Waals surface area contributed by atoms with E-state index in [2.05, 4.69) is 10.3 Å². The van der Waals surface area contributed by atoms with Crippen LogP contribution in [-0.2, 0) is 0 Å². The SMILES string of the molecule is COc1ccc(F)c(Nc2nc3c(N)cccc3o2)c1. The number of fused-ring (bicyclic) bond motifs is 1. The first-order valence-electron chi connectivity index (χ1n) is 5.93. The number of ether oxygens (including phenoxy) is 1. The maximum Gasteiger partial charge on any atom is 0.300 e. The normalized spacial score (nSPS) is 10.7. The maximum absolute atomic E-state index is 13.7. The summed E-state index contributed by atoms with van der Waals surface area (Å²) in [5.41, 5.74) is 7.59. The van der Waals surface area contributed by atoms with E-state index in [0.29, 0.717) is 22.5 Å². The molecular weight excluding hydrogens is 261 g/mol. The Kier molecular flexibility index (Phi) is 2.90. The minimum absolute atomic E-state index is 0.171. The molecule has 0 fully saturated rings. The van der Waals surface area contributed by atoms with Crippen LogP contribution in [0.15, 0.2) is 40.8 Å². The highest BCUT2D eigenvalue weighted by Gasteiger charge is 2.11. The minimum atomic E-state index is -0.430. The lowest BCUT2D eigenvalue weighted by Crippen LogP contribution is -1.95. The number of nitrogens with one attached hydrogen (secondary N) is 1. The van der Waals surface area contributed by atoms with Crippen molar-refractivity contribution in [3.8, 4) is 5.75 Å². The molecule has 3 N–H and O–H groups in total. The summed E-state index contributed by atoms with van der Waals surface area (Å²) in [7, 11) is 1.51. The average molecular weight is 273 g/mol. The smallest absolute Gasteiger partial charge is 0.300 e. The number of rotatable bonds is 3. The van der Waals surface area contributed by atoms with E-state index in [1.165, 1.54) is 25.3 Å². The van der Waals surface area contributed by atoms with Crippen molar-refractivity contribution in [2.75, 3.05) is 18.2 Å². The molecule has 2 aromatic carbocycles. The summed E-state index contributed by atoms with van der Waals surface area (Å²) in [6, 6.07) is 9.76. The van der Waals surface area contributed by atoms with Gasteiger partial charge >= 0.3 is 0 Å². The van der Waals surface area contributed by atoms with Gasteiger partial charge in [-0.05, 0) is 24.3 Å². The second-order valence-corrected chi connectivity index (χ2v) is 4.18. The number of hydrogen-bond donors (Lipinski definition) is 2. The zero-order valence-electron chi connectivity index (χ0n) is 10.7. The van der Waals surface area contributed by atoms with Crippen molar-refractivity contribution < 1.29 is 13.5 Å². The Labute approximate surface area is 114 Å². The summed E-state index contributed by atoms with van der Waals surface area (Å²) < 4.78 is 24.2. The number of halogens is 1. The molecule has 1 aromatic heterocycles.